The lowest BCUT2D eigenvalue weighted by molar-refractivity contribution is 0.0686. The quantitative estimate of drug-likeness (QED) is 0.630. The molecule has 1 aromatic carbocycles. The first-order valence-corrected chi connectivity index (χ1v) is 10.4. The van der Waals surface area contributed by atoms with E-state index in [0.717, 1.165) is 24.1 Å². The van der Waals surface area contributed by atoms with E-state index < -0.39 is 0 Å². The van der Waals surface area contributed by atoms with Crippen LogP contribution in [0.5, 0.6) is 0 Å². The van der Waals surface area contributed by atoms with Crippen molar-refractivity contribution in [1.29, 1.82) is 0 Å². The number of aryl methyl sites for hydroxylation is 1. The Morgan fingerprint density at radius 2 is 2.17 bits per heavy atom. The Balaban J connectivity index is 1.45. The molecule has 0 spiro atoms. The van der Waals surface area contributed by atoms with Gasteiger partial charge in [-0.2, -0.15) is 5.10 Å². The zero-order valence-corrected chi connectivity index (χ0v) is 17.6. The minimum Gasteiger partial charge on any atom is -0.445 e. The van der Waals surface area contributed by atoms with Gasteiger partial charge in [0.1, 0.15) is 17.3 Å². The van der Waals surface area contributed by atoms with E-state index in [1.54, 1.807) is 16.9 Å². The molecule has 2 aromatic heterocycles. The van der Waals surface area contributed by atoms with E-state index in [9.17, 15) is 9.18 Å². The summed E-state index contributed by atoms with van der Waals surface area (Å²) in [6, 6.07) is 8.37. The van der Waals surface area contributed by atoms with Crippen LogP contribution in [0.2, 0.25) is 0 Å². The number of rotatable bonds is 5. The molecule has 3 heterocycles. The van der Waals surface area contributed by atoms with E-state index in [-0.39, 0.29) is 23.6 Å². The lowest BCUT2D eigenvalue weighted by Crippen LogP contribution is -2.40. The minimum absolute atomic E-state index is 0.00635. The Hall–Kier alpha value is -2.96. The van der Waals surface area contributed by atoms with Crippen molar-refractivity contribution in [2.75, 3.05) is 13.1 Å². The van der Waals surface area contributed by atoms with E-state index in [1.807, 2.05) is 24.1 Å². The van der Waals surface area contributed by atoms with Crippen LogP contribution < -0.4 is 0 Å². The third-order valence-corrected chi connectivity index (χ3v) is 5.61. The van der Waals surface area contributed by atoms with Crippen LogP contribution in [0.4, 0.5) is 4.39 Å². The maximum absolute atomic E-state index is 13.4. The molecule has 1 aliphatic rings. The zero-order chi connectivity index (χ0) is 21.3. The number of aromatic nitrogens is 3. The summed E-state index contributed by atoms with van der Waals surface area (Å²) in [5.41, 5.74) is 2.37. The molecule has 3 aromatic rings. The fourth-order valence-electron chi connectivity index (χ4n) is 3.94. The van der Waals surface area contributed by atoms with E-state index >= 15 is 0 Å². The number of hydrogen-bond donors (Lipinski definition) is 0. The van der Waals surface area contributed by atoms with Gasteiger partial charge in [-0.15, -0.1) is 0 Å². The van der Waals surface area contributed by atoms with Crippen LogP contribution in [0.3, 0.4) is 0 Å². The third-order valence-electron chi connectivity index (χ3n) is 5.61. The standard InChI is InChI=1S/C23H27FN4O2/c1-15(2)20-12-21(27(3)26-20)23(29)28-9-5-7-17(14-28)22-25-13-19(30-22)11-16-6-4-8-18(24)10-16/h4,6,8,10,12-13,15,17H,5,7,9,11,14H2,1-3H3/t17-/m1/s1. The zero-order valence-electron chi connectivity index (χ0n) is 17.6. The van der Waals surface area contributed by atoms with Crippen molar-refractivity contribution < 1.29 is 13.6 Å². The number of carbonyl (C=O) groups excluding carboxylic acids is 1. The fourth-order valence-corrected chi connectivity index (χ4v) is 3.94. The molecule has 4 rings (SSSR count). The molecule has 0 saturated carbocycles. The van der Waals surface area contributed by atoms with Crippen LogP contribution in [-0.2, 0) is 13.5 Å². The molecule has 30 heavy (non-hydrogen) atoms. The Labute approximate surface area is 175 Å². The van der Waals surface area contributed by atoms with E-state index in [1.165, 1.54) is 12.1 Å². The molecule has 158 valence electrons. The molecule has 0 unspecified atom stereocenters. The molecule has 7 heteroatoms. The normalized spacial score (nSPS) is 17.0. The third kappa shape index (κ3) is 4.30. The predicted octanol–water partition coefficient (Wildman–Crippen LogP) is 4.28. The minimum atomic E-state index is -0.260. The summed E-state index contributed by atoms with van der Waals surface area (Å²) in [5, 5.41) is 4.46. The van der Waals surface area contributed by atoms with Crippen LogP contribution in [0.25, 0.3) is 0 Å². The maximum atomic E-state index is 13.4. The van der Waals surface area contributed by atoms with Crippen molar-refractivity contribution in [2.24, 2.45) is 7.05 Å². The average molecular weight is 410 g/mol. The lowest BCUT2D eigenvalue weighted by Gasteiger charge is -2.31. The van der Waals surface area contributed by atoms with Gasteiger partial charge in [-0.05, 0) is 42.5 Å². The monoisotopic (exact) mass is 410 g/mol. The second-order valence-corrected chi connectivity index (χ2v) is 8.29. The molecule has 1 amide bonds. The summed E-state index contributed by atoms with van der Waals surface area (Å²) in [4.78, 5) is 19.4. The van der Waals surface area contributed by atoms with Crippen LogP contribution in [0.1, 0.15) is 71.9 Å². The van der Waals surface area contributed by atoms with Gasteiger partial charge in [0, 0.05) is 26.6 Å². The van der Waals surface area contributed by atoms with Crippen LogP contribution in [0.15, 0.2) is 40.9 Å². The molecular weight excluding hydrogens is 383 g/mol. The number of carbonyl (C=O) groups is 1. The Morgan fingerprint density at radius 1 is 1.33 bits per heavy atom. The van der Waals surface area contributed by atoms with Gasteiger partial charge in [-0.1, -0.05) is 26.0 Å². The molecule has 6 nitrogen and oxygen atoms in total. The molecule has 1 atom stereocenters. The summed E-state index contributed by atoms with van der Waals surface area (Å²) in [7, 11) is 1.81. The number of likely N-dealkylation sites (tertiary alicyclic amines) is 1. The number of amides is 1. The molecule has 1 fully saturated rings. The van der Waals surface area contributed by atoms with Crippen molar-refractivity contribution in [1.82, 2.24) is 19.7 Å². The molecular formula is C23H27FN4O2. The first-order chi connectivity index (χ1) is 14.4. The van der Waals surface area contributed by atoms with Crippen molar-refractivity contribution in [3.05, 3.63) is 70.9 Å². The molecule has 1 aliphatic heterocycles. The highest BCUT2D eigenvalue weighted by molar-refractivity contribution is 5.92. The van der Waals surface area contributed by atoms with E-state index in [2.05, 4.69) is 23.9 Å². The van der Waals surface area contributed by atoms with Gasteiger partial charge >= 0.3 is 0 Å². The SMILES string of the molecule is CC(C)c1cc(C(=O)N2CCC[C@@H](c3ncc(Cc4cccc(F)c4)o3)C2)n(C)n1. The van der Waals surface area contributed by atoms with Crippen LogP contribution >= 0.6 is 0 Å². The average Bonchev–Trinajstić information content (AvgIpc) is 3.34. The van der Waals surface area contributed by atoms with Crippen LogP contribution in [0, 0.1) is 5.82 Å². The van der Waals surface area contributed by atoms with Gasteiger partial charge in [0.2, 0.25) is 0 Å². The van der Waals surface area contributed by atoms with Crippen molar-refractivity contribution >= 4 is 5.91 Å². The Kier molecular flexibility index (Phi) is 5.70. The maximum Gasteiger partial charge on any atom is 0.272 e. The molecule has 0 radical (unpaired) electrons. The number of halogens is 1. The number of nitrogens with zero attached hydrogens (tertiary/aromatic N) is 4. The summed E-state index contributed by atoms with van der Waals surface area (Å²) in [6.07, 6.45) is 4.02. The summed E-state index contributed by atoms with van der Waals surface area (Å²) in [5.74, 6) is 1.41. The first kappa shape index (κ1) is 20.3. The lowest BCUT2D eigenvalue weighted by atomic mass is 9.97. The second kappa shape index (κ2) is 8.42. The second-order valence-electron chi connectivity index (χ2n) is 8.29. The number of piperidine rings is 1. The van der Waals surface area contributed by atoms with Gasteiger partial charge < -0.3 is 9.32 Å². The Bertz CT molecular complexity index is 1040. The van der Waals surface area contributed by atoms with Gasteiger partial charge in [0.05, 0.1) is 17.8 Å². The summed E-state index contributed by atoms with van der Waals surface area (Å²) >= 11 is 0. The van der Waals surface area contributed by atoms with E-state index in [4.69, 9.17) is 4.42 Å². The van der Waals surface area contributed by atoms with Crippen molar-refractivity contribution in [3.63, 3.8) is 0 Å². The number of hydrogen-bond acceptors (Lipinski definition) is 4. The highest BCUT2D eigenvalue weighted by Gasteiger charge is 2.30. The summed E-state index contributed by atoms with van der Waals surface area (Å²) in [6.45, 7) is 5.42. The Morgan fingerprint density at radius 3 is 2.90 bits per heavy atom. The van der Waals surface area contributed by atoms with Gasteiger partial charge in [-0.3, -0.25) is 9.48 Å². The van der Waals surface area contributed by atoms with Gasteiger partial charge in [0.15, 0.2) is 5.89 Å². The van der Waals surface area contributed by atoms with Gasteiger partial charge in [-0.25, -0.2) is 9.37 Å². The number of benzene rings is 1. The molecule has 0 aliphatic carbocycles. The topological polar surface area (TPSA) is 64.2 Å². The van der Waals surface area contributed by atoms with Crippen LogP contribution in [-0.4, -0.2) is 38.7 Å². The highest BCUT2D eigenvalue weighted by Crippen LogP contribution is 2.28. The largest absolute Gasteiger partial charge is 0.445 e. The predicted molar refractivity (Wildman–Crippen MR) is 111 cm³/mol. The number of oxazole rings is 1. The molecule has 0 N–H and O–H groups in total. The fraction of sp³-hybridized carbons (Fsp3) is 0.435. The van der Waals surface area contributed by atoms with E-state index in [0.29, 0.717) is 36.9 Å². The summed E-state index contributed by atoms with van der Waals surface area (Å²) < 4.78 is 21.0. The smallest absolute Gasteiger partial charge is 0.272 e. The van der Waals surface area contributed by atoms with Gasteiger partial charge in [0.25, 0.3) is 5.91 Å². The highest BCUT2D eigenvalue weighted by atomic mass is 19.1. The van der Waals surface area contributed by atoms with Crippen molar-refractivity contribution in [3.8, 4) is 0 Å². The molecule has 1 saturated heterocycles. The molecule has 0 bridgehead atoms. The first-order valence-electron chi connectivity index (χ1n) is 10.4. The van der Waals surface area contributed by atoms with Crippen molar-refractivity contribution in [2.45, 2.75) is 44.9 Å².